The summed E-state index contributed by atoms with van der Waals surface area (Å²) < 4.78 is 2.16. The zero-order valence-corrected chi connectivity index (χ0v) is 15.6. The Kier molecular flexibility index (Phi) is 6.05. The molecule has 130 valence electrons. The van der Waals surface area contributed by atoms with Gasteiger partial charge in [0.2, 0.25) is 5.91 Å². The molecule has 1 unspecified atom stereocenters. The average molecular weight is 373 g/mol. The van der Waals surface area contributed by atoms with Crippen molar-refractivity contribution < 1.29 is 4.79 Å². The van der Waals surface area contributed by atoms with Crippen LogP contribution in [-0.4, -0.2) is 26.5 Å². The van der Waals surface area contributed by atoms with Gasteiger partial charge in [0.25, 0.3) is 0 Å². The Hall–Kier alpha value is -1.91. The fourth-order valence-electron chi connectivity index (χ4n) is 2.42. The Bertz CT molecular complexity index is 779. The molecule has 0 saturated heterocycles. The van der Waals surface area contributed by atoms with Crippen LogP contribution in [0.15, 0.2) is 46.7 Å². The third kappa shape index (κ3) is 5.03. The number of hydrogen-bond acceptors (Lipinski definition) is 5. The SMILES string of the molecule is CC(CC#N)Sc1ccccc1NC(=O)CSc1nccn1C1CC1. The Balaban J connectivity index is 1.57. The minimum atomic E-state index is -0.0451. The number of nitriles is 1. The van der Waals surface area contributed by atoms with Crippen LogP contribution >= 0.6 is 23.5 Å². The van der Waals surface area contributed by atoms with Crippen LogP contribution in [0.3, 0.4) is 0 Å². The summed E-state index contributed by atoms with van der Waals surface area (Å²) in [6.07, 6.45) is 6.65. The van der Waals surface area contributed by atoms with E-state index in [1.54, 1.807) is 18.0 Å². The molecular weight excluding hydrogens is 352 g/mol. The molecule has 2 aromatic rings. The highest BCUT2D eigenvalue weighted by molar-refractivity contribution is 8.00. The standard InChI is InChI=1S/C18H20N4OS2/c1-13(8-9-19)25-16-5-3-2-4-15(16)21-17(23)12-24-18-20-10-11-22(18)14-6-7-14/h2-5,10-11,13-14H,6-8,12H2,1H3,(H,21,23). The average Bonchev–Trinajstić information content (AvgIpc) is 3.33. The van der Waals surface area contributed by atoms with Gasteiger partial charge in [0.1, 0.15) is 0 Å². The van der Waals surface area contributed by atoms with E-state index in [-0.39, 0.29) is 11.2 Å². The molecule has 1 amide bonds. The maximum Gasteiger partial charge on any atom is 0.234 e. The Morgan fingerprint density at radius 2 is 2.28 bits per heavy atom. The van der Waals surface area contributed by atoms with Crippen LogP contribution in [0.25, 0.3) is 0 Å². The molecule has 1 fully saturated rings. The Morgan fingerprint density at radius 3 is 3.04 bits per heavy atom. The first-order chi connectivity index (χ1) is 12.2. The molecule has 0 radical (unpaired) electrons. The number of aromatic nitrogens is 2. The maximum absolute atomic E-state index is 12.3. The molecule has 7 heteroatoms. The molecular formula is C18H20N4OS2. The zero-order chi connectivity index (χ0) is 17.6. The fourth-order valence-corrected chi connectivity index (χ4v) is 4.24. The highest BCUT2D eigenvalue weighted by Gasteiger charge is 2.25. The van der Waals surface area contributed by atoms with Crippen molar-refractivity contribution in [2.45, 2.75) is 47.5 Å². The van der Waals surface area contributed by atoms with E-state index in [0.717, 1.165) is 15.7 Å². The van der Waals surface area contributed by atoms with E-state index in [4.69, 9.17) is 5.26 Å². The number of benzene rings is 1. The number of thioether (sulfide) groups is 2. The third-order valence-corrected chi connectivity index (χ3v) is 5.93. The molecule has 1 aromatic heterocycles. The van der Waals surface area contributed by atoms with E-state index in [2.05, 4.69) is 20.9 Å². The summed E-state index contributed by atoms with van der Waals surface area (Å²) >= 11 is 3.07. The van der Waals surface area contributed by atoms with Gasteiger partial charge in [0, 0.05) is 35.0 Å². The first-order valence-corrected chi connectivity index (χ1v) is 10.1. The van der Waals surface area contributed by atoms with Crippen LogP contribution in [0.5, 0.6) is 0 Å². The highest BCUT2D eigenvalue weighted by Crippen LogP contribution is 2.37. The fraction of sp³-hybridized carbons (Fsp3) is 0.389. The molecule has 3 rings (SSSR count). The van der Waals surface area contributed by atoms with Crippen molar-refractivity contribution in [2.75, 3.05) is 11.1 Å². The van der Waals surface area contributed by atoms with E-state index in [1.165, 1.54) is 24.6 Å². The van der Waals surface area contributed by atoms with E-state index in [9.17, 15) is 4.79 Å². The van der Waals surface area contributed by atoms with E-state index in [0.29, 0.717) is 18.2 Å². The molecule has 5 nitrogen and oxygen atoms in total. The number of para-hydroxylation sites is 1. The van der Waals surface area contributed by atoms with Crippen molar-refractivity contribution >= 4 is 35.1 Å². The predicted octanol–water partition coefficient (Wildman–Crippen LogP) is 4.34. The first-order valence-electron chi connectivity index (χ1n) is 8.25. The minimum Gasteiger partial charge on any atom is -0.324 e. The van der Waals surface area contributed by atoms with Crippen molar-refractivity contribution in [3.05, 3.63) is 36.7 Å². The van der Waals surface area contributed by atoms with Crippen molar-refractivity contribution in [2.24, 2.45) is 0 Å². The lowest BCUT2D eigenvalue weighted by atomic mass is 10.3. The molecule has 1 aliphatic carbocycles. The van der Waals surface area contributed by atoms with Gasteiger partial charge in [-0.3, -0.25) is 4.79 Å². The van der Waals surface area contributed by atoms with Gasteiger partial charge in [0.05, 0.1) is 17.5 Å². The topological polar surface area (TPSA) is 70.7 Å². The summed E-state index contributed by atoms with van der Waals surface area (Å²) in [6, 6.07) is 10.5. The molecule has 1 aliphatic rings. The van der Waals surface area contributed by atoms with Crippen molar-refractivity contribution in [3.63, 3.8) is 0 Å². The first kappa shape index (κ1) is 17.9. The molecule has 1 aromatic carbocycles. The van der Waals surface area contributed by atoms with Crippen LogP contribution in [-0.2, 0) is 4.79 Å². The molecule has 0 spiro atoms. The number of nitrogens with one attached hydrogen (secondary N) is 1. The number of hydrogen-bond donors (Lipinski definition) is 1. The van der Waals surface area contributed by atoms with Gasteiger partial charge in [-0.2, -0.15) is 5.26 Å². The minimum absolute atomic E-state index is 0.0451. The van der Waals surface area contributed by atoms with E-state index in [1.807, 2.05) is 37.4 Å². The molecule has 1 saturated carbocycles. The summed E-state index contributed by atoms with van der Waals surface area (Å²) in [6.45, 7) is 2.01. The molecule has 0 aliphatic heterocycles. The number of amides is 1. The predicted molar refractivity (Wildman–Crippen MR) is 102 cm³/mol. The smallest absolute Gasteiger partial charge is 0.234 e. The van der Waals surface area contributed by atoms with Gasteiger partial charge in [-0.1, -0.05) is 30.8 Å². The van der Waals surface area contributed by atoms with Gasteiger partial charge in [0.15, 0.2) is 5.16 Å². The van der Waals surface area contributed by atoms with Crippen LogP contribution in [0.2, 0.25) is 0 Å². The number of imidazole rings is 1. The molecule has 1 heterocycles. The number of carbonyl (C=O) groups is 1. The highest BCUT2D eigenvalue weighted by atomic mass is 32.2. The van der Waals surface area contributed by atoms with Crippen LogP contribution in [0, 0.1) is 11.3 Å². The maximum atomic E-state index is 12.3. The second kappa shape index (κ2) is 8.45. The van der Waals surface area contributed by atoms with Crippen LogP contribution in [0.4, 0.5) is 5.69 Å². The van der Waals surface area contributed by atoms with Gasteiger partial charge in [-0.15, -0.1) is 11.8 Å². The second-order valence-corrected chi connectivity index (χ2v) is 8.39. The number of anilines is 1. The van der Waals surface area contributed by atoms with E-state index < -0.39 is 0 Å². The lowest BCUT2D eigenvalue weighted by Gasteiger charge is -2.13. The normalized spacial score (nSPS) is 14.7. The van der Waals surface area contributed by atoms with Crippen molar-refractivity contribution in [1.29, 1.82) is 5.26 Å². The van der Waals surface area contributed by atoms with Gasteiger partial charge >= 0.3 is 0 Å². The zero-order valence-electron chi connectivity index (χ0n) is 14.0. The summed E-state index contributed by atoms with van der Waals surface area (Å²) in [5, 5.41) is 12.9. The molecule has 1 N–H and O–H groups in total. The van der Waals surface area contributed by atoms with Crippen molar-refractivity contribution in [3.8, 4) is 6.07 Å². The lowest BCUT2D eigenvalue weighted by Crippen LogP contribution is -2.15. The summed E-state index contributed by atoms with van der Waals surface area (Å²) in [4.78, 5) is 17.7. The van der Waals surface area contributed by atoms with Crippen LogP contribution in [0.1, 0.15) is 32.2 Å². The Morgan fingerprint density at radius 1 is 1.48 bits per heavy atom. The monoisotopic (exact) mass is 372 g/mol. The third-order valence-electron chi connectivity index (χ3n) is 3.77. The second-order valence-electron chi connectivity index (χ2n) is 5.97. The summed E-state index contributed by atoms with van der Waals surface area (Å²) in [5.41, 5.74) is 0.799. The number of carbonyl (C=O) groups excluding carboxylic acids is 1. The summed E-state index contributed by atoms with van der Waals surface area (Å²) in [5.74, 6) is 0.285. The lowest BCUT2D eigenvalue weighted by molar-refractivity contribution is -0.113. The molecule has 25 heavy (non-hydrogen) atoms. The number of nitrogens with zero attached hydrogens (tertiary/aromatic N) is 3. The van der Waals surface area contributed by atoms with Gasteiger partial charge < -0.3 is 9.88 Å². The van der Waals surface area contributed by atoms with Gasteiger partial charge in [-0.05, 0) is 25.0 Å². The van der Waals surface area contributed by atoms with Gasteiger partial charge in [-0.25, -0.2) is 4.98 Å². The van der Waals surface area contributed by atoms with Crippen LogP contribution < -0.4 is 5.32 Å². The quantitative estimate of drug-likeness (QED) is 0.698. The van der Waals surface area contributed by atoms with E-state index >= 15 is 0 Å². The van der Waals surface area contributed by atoms with Crippen molar-refractivity contribution in [1.82, 2.24) is 9.55 Å². The Labute approximate surface area is 156 Å². The number of rotatable bonds is 8. The molecule has 0 bridgehead atoms. The summed E-state index contributed by atoms with van der Waals surface area (Å²) in [7, 11) is 0. The largest absolute Gasteiger partial charge is 0.324 e. The molecule has 1 atom stereocenters.